The molecule has 0 spiro atoms. The quantitative estimate of drug-likeness (QED) is 0.664. The van der Waals surface area contributed by atoms with E-state index in [1.807, 2.05) is 0 Å². The Morgan fingerprint density at radius 1 is 1.05 bits per heavy atom. The van der Waals surface area contributed by atoms with Crippen molar-refractivity contribution in [2.24, 2.45) is 17.8 Å². The number of alkyl halides is 1. The molecule has 0 radical (unpaired) electrons. The summed E-state index contributed by atoms with van der Waals surface area (Å²) in [4.78, 5) is 12.2. The van der Waals surface area contributed by atoms with Crippen LogP contribution in [0.1, 0.15) is 78.1 Å². The average molecular weight is 298 g/mol. The SMILES string of the molecule is CCCC1CCC(C(=O)OC2CCC(CC)CC2F)CC1. The summed E-state index contributed by atoms with van der Waals surface area (Å²) < 4.78 is 19.6. The zero-order valence-corrected chi connectivity index (χ0v) is 13.7. The van der Waals surface area contributed by atoms with E-state index in [9.17, 15) is 9.18 Å². The summed E-state index contributed by atoms with van der Waals surface area (Å²) in [6, 6.07) is 0. The molecular weight excluding hydrogens is 267 g/mol. The van der Waals surface area contributed by atoms with Gasteiger partial charge in [0.05, 0.1) is 5.92 Å². The number of halogens is 1. The number of hydrogen-bond acceptors (Lipinski definition) is 2. The van der Waals surface area contributed by atoms with Crippen LogP contribution in [0.3, 0.4) is 0 Å². The van der Waals surface area contributed by atoms with E-state index in [1.165, 1.54) is 12.8 Å². The molecule has 21 heavy (non-hydrogen) atoms. The van der Waals surface area contributed by atoms with E-state index in [0.717, 1.165) is 44.4 Å². The molecule has 3 unspecified atom stereocenters. The fourth-order valence-electron chi connectivity index (χ4n) is 4.01. The molecule has 2 aliphatic carbocycles. The largest absolute Gasteiger partial charge is 0.459 e. The molecule has 0 aromatic heterocycles. The number of carbonyl (C=O) groups is 1. The molecule has 0 amide bonds. The van der Waals surface area contributed by atoms with E-state index in [-0.39, 0.29) is 11.9 Å². The Hall–Kier alpha value is -0.600. The standard InChI is InChI=1S/C18H31FO2/c1-3-5-14-6-9-15(10-7-14)18(20)21-17-11-8-13(4-2)12-16(17)19/h13-17H,3-12H2,1-2H3. The van der Waals surface area contributed by atoms with E-state index >= 15 is 0 Å². The maximum Gasteiger partial charge on any atom is 0.309 e. The highest BCUT2D eigenvalue weighted by atomic mass is 19.1. The molecule has 0 saturated heterocycles. The van der Waals surface area contributed by atoms with Crippen LogP contribution in [0.4, 0.5) is 4.39 Å². The molecule has 0 N–H and O–H groups in total. The van der Waals surface area contributed by atoms with Crippen LogP contribution in [-0.2, 0) is 9.53 Å². The summed E-state index contributed by atoms with van der Waals surface area (Å²) in [5.41, 5.74) is 0. The van der Waals surface area contributed by atoms with Crippen LogP contribution in [0.25, 0.3) is 0 Å². The first-order valence-electron chi connectivity index (χ1n) is 8.98. The second-order valence-corrected chi connectivity index (χ2v) is 7.08. The van der Waals surface area contributed by atoms with Gasteiger partial charge in [-0.2, -0.15) is 0 Å². The molecule has 0 aromatic carbocycles. The Morgan fingerprint density at radius 3 is 2.29 bits per heavy atom. The van der Waals surface area contributed by atoms with Gasteiger partial charge in [-0.05, 0) is 56.8 Å². The van der Waals surface area contributed by atoms with Crippen LogP contribution in [-0.4, -0.2) is 18.2 Å². The van der Waals surface area contributed by atoms with Crippen LogP contribution < -0.4 is 0 Å². The molecule has 0 aromatic rings. The fraction of sp³-hybridized carbons (Fsp3) is 0.944. The lowest BCUT2D eigenvalue weighted by Gasteiger charge is -2.33. The van der Waals surface area contributed by atoms with E-state index < -0.39 is 12.3 Å². The van der Waals surface area contributed by atoms with Gasteiger partial charge in [-0.3, -0.25) is 4.79 Å². The minimum atomic E-state index is -0.955. The van der Waals surface area contributed by atoms with Crippen molar-refractivity contribution < 1.29 is 13.9 Å². The van der Waals surface area contributed by atoms with E-state index in [0.29, 0.717) is 18.8 Å². The van der Waals surface area contributed by atoms with Crippen LogP contribution in [0.5, 0.6) is 0 Å². The molecule has 0 aliphatic heterocycles. The highest BCUT2D eigenvalue weighted by Crippen LogP contribution is 2.35. The Kier molecular flexibility index (Phi) is 6.50. The van der Waals surface area contributed by atoms with Crippen molar-refractivity contribution >= 4 is 5.97 Å². The van der Waals surface area contributed by atoms with Crippen molar-refractivity contribution in [1.82, 2.24) is 0 Å². The van der Waals surface area contributed by atoms with E-state index in [1.54, 1.807) is 0 Å². The molecule has 122 valence electrons. The molecule has 2 saturated carbocycles. The molecule has 2 rings (SSSR count). The third-order valence-electron chi connectivity index (χ3n) is 5.54. The Bertz CT molecular complexity index is 323. The fourth-order valence-corrected chi connectivity index (χ4v) is 4.01. The number of rotatable bonds is 5. The monoisotopic (exact) mass is 298 g/mol. The first kappa shape index (κ1) is 16.8. The highest BCUT2D eigenvalue weighted by Gasteiger charge is 2.35. The molecule has 0 bridgehead atoms. The van der Waals surface area contributed by atoms with Gasteiger partial charge in [-0.1, -0.05) is 33.1 Å². The Morgan fingerprint density at radius 2 is 1.71 bits per heavy atom. The first-order chi connectivity index (χ1) is 10.1. The topological polar surface area (TPSA) is 26.3 Å². The van der Waals surface area contributed by atoms with Gasteiger partial charge in [-0.25, -0.2) is 4.39 Å². The second-order valence-electron chi connectivity index (χ2n) is 7.08. The lowest BCUT2D eigenvalue weighted by Crippen LogP contribution is -2.37. The summed E-state index contributed by atoms with van der Waals surface area (Å²) in [5.74, 6) is 1.15. The Balaban J connectivity index is 1.75. The highest BCUT2D eigenvalue weighted by molar-refractivity contribution is 5.72. The molecule has 3 atom stereocenters. The van der Waals surface area contributed by atoms with Gasteiger partial charge in [0.1, 0.15) is 12.3 Å². The smallest absolute Gasteiger partial charge is 0.309 e. The van der Waals surface area contributed by atoms with E-state index in [2.05, 4.69) is 13.8 Å². The van der Waals surface area contributed by atoms with Crippen molar-refractivity contribution in [3.05, 3.63) is 0 Å². The van der Waals surface area contributed by atoms with Gasteiger partial charge in [0, 0.05) is 0 Å². The minimum absolute atomic E-state index is 0.0224. The molecule has 2 nitrogen and oxygen atoms in total. The van der Waals surface area contributed by atoms with Gasteiger partial charge < -0.3 is 4.74 Å². The van der Waals surface area contributed by atoms with Gasteiger partial charge in [-0.15, -0.1) is 0 Å². The van der Waals surface area contributed by atoms with E-state index in [4.69, 9.17) is 4.74 Å². The third-order valence-corrected chi connectivity index (χ3v) is 5.54. The summed E-state index contributed by atoms with van der Waals surface area (Å²) in [5, 5.41) is 0. The lowest BCUT2D eigenvalue weighted by atomic mass is 9.80. The van der Waals surface area contributed by atoms with Crippen LogP contribution >= 0.6 is 0 Å². The maximum absolute atomic E-state index is 14.1. The predicted octanol–water partition coefficient (Wildman–Crippen LogP) is 5.05. The van der Waals surface area contributed by atoms with Gasteiger partial charge in [0.15, 0.2) is 0 Å². The Labute approximate surface area is 128 Å². The predicted molar refractivity (Wildman–Crippen MR) is 82.8 cm³/mol. The summed E-state index contributed by atoms with van der Waals surface area (Å²) in [6.45, 7) is 4.33. The van der Waals surface area contributed by atoms with Crippen LogP contribution in [0.2, 0.25) is 0 Å². The van der Waals surface area contributed by atoms with Crippen molar-refractivity contribution in [1.29, 1.82) is 0 Å². The normalized spacial score (nSPS) is 37.2. The first-order valence-corrected chi connectivity index (χ1v) is 8.98. The minimum Gasteiger partial charge on any atom is -0.459 e. The number of carbonyl (C=O) groups excluding carboxylic acids is 1. The number of hydrogen-bond donors (Lipinski definition) is 0. The average Bonchev–Trinajstić information content (AvgIpc) is 2.50. The van der Waals surface area contributed by atoms with Gasteiger partial charge in [0.25, 0.3) is 0 Å². The summed E-state index contributed by atoms with van der Waals surface area (Å²) >= 11 is 0. The van der Waals surface area contributed by atoms with Gasteiger partial charge >= 0.3 is 5.97 Å². The lowest BCUT2D eigenvalue weighted by molar-refractivity contribution is -0.161. The number of esters is 1. The second kappa shape index (κ2) is 8.14. The molecule has 0 heterocycles. The molecule has 2 aliphatic rings. The van der Waals surface area contributed by atoms with Crippen molar-refractivity contribution in [3.8, 4) is 0 Å². The van der Waals surface area contributed by atoms with Crippen molar-refractivity contribution in [2.75, 3.05) is 0 Å². The zero-order chi connectivity index (χ0) is 15.2. The van der Waals surface area contributed by atoms with Gasteiger partial charge in [0.2, 0.25) is 0 Å². The zero-order valence-electron chi connectivity index (χ0n) is 13.7. The van der Waals surface area contributed by atoms with Crippen LogP contribution in [0, 0.1) is 17.8 Å². The third kappa shape index (κ3) is 4.69. The molecule has 2 fully saturated rings. The van der Waals surface area contributed by atoms with Crippen molar-refractivity contribution in [2.45, 2.75) is 90.3 Å². The van der Waals surface area contributed by atoms with Crippen LogP contribution in [0.15, 0.2) is 0 Å². The molecular formula is C18H31FO2. The maximum atomic E-state index is 14.1. The molecule has 3 heteroatoms. The van der Waals surface area contributed by atoms with Crippen molar-refractivity contribution in [3.63, 3.8) is 0 Å². The number of ether oxygens (including phenoxy) is 1. The summed E-state index contributed by atoms with van der Waals surface area (Å²) in [6.07, 6.45) is 8.51. The summed E-state index contributed by atoms with van der Waals surface area (Å²) in [7, 11) is 0.